The van der Waals surface area contributed by atoms with Crippen LogP contribution in [-0.4, -0.2) is 23.3 Å². The smallest absolute Gasteiger partial charge is 0.311 e. The molecule has 0 heterocycles. The van der Waals surface area contributed by atoms with E-state index in [1.54, 1.807) is 13.8 Å². The molecule has 2 atom stereocenters. The lowest BCUT2D eigenvalue weighted by molar-refractivity contribution is -0.158. The minimum Gasteiger partial charge on any atom is -0.466 e. The van der Waals surface area contributed by atoms with Crippen LogP contribution in [0.25, 0.3) is 0 Å². The third kappa shape index (κ3) is 6.06. The van der Waals surface area contributed by atoms with Crippen molar-refractivity contribution in [3.8, 4) is 0 Å². The number of carbonyl (C=O) groups excluding carboxylic acids is 1. The van der Waals surface area contributed by atoms with Crippen molar-refractivity contribution in [2.45, 2.75) is 65.9 Å². The second-order valence-electron chi connectivity index (χ2n) is 5.38. The standard InChI is InChI=1S/C14H28O3/c1-6-8-12(13(15)17-7-2)14(5,16)10-9-11(3)4/h11-12,16H,6-10H2,1-5H3. The molecule has 0 aliphatic heterocycles. The summed E-state index contributed by atoms with van der Waals surface area (Å²) in [5, 5.41) is 10.5. The number of aliphatic hydroxyl groups is 1. The largest absolute Gasteiger partial charge is 0.466 e. The van der Waals surface area contributed by atoms with E-state index in [1.807, 2.05) is 6.92 Å². The van der Waals surface area contributed by atoms with Gasteiger partial charge in [0.25, 0.3) is 0 Å². The predicted molar refractivity (Wildman–Crippen MR) is 69.7 cm³/mol. The summed E-state index contributed by atoms with van der Waals surface area (Å²) < 4.78 is 5.05. The van der Waals surface area contributed by atoms with Crippen LogP contribution in [0.3, 0.4) is 0 Å². The van der Waals surface area contributed by atoms with E-state index in [0.717, 1.165) is 12.8 Å². The fourth-order valence-corrected chi connectivity index (χ4v) is 1.97. The van der Waals surface area contributed by atoms with Crippen LogP contribution in [-0.2, 0) is 9.53 Å². The Morgan fingerprint density at radius 3 is 2.29 bits per heavy atom. The van der Waals surface area contributed by atoms with E-state index < -0.39 is 11.5 Å². The molecule has 0 aromatic rings. The van der Waals surface area contributed by atoms with Gasteiger partial charge in [0.2, 0.25) is 0 Å². The first-order valence-corrected chi connectivity index (χ1v) is 6.74. The minimum absolute atomic E-state index is 0.261. The zero-order chi connectivity index (χ0) is 13.5. The van der Waals surface area contributed by atoms with Gasteiger partial charge in [-0.25, -0.2) is 0 Å². The van der Waals surface area contributed by atoms with Crippen LogP contribution in [0.2, 0.25) is 0 Å². The highest BCUT2D eigenvalue weighted by molar-refractivity contribution is 5.73. The van der Waals surface area contributed by atoms with Crippen LogP contribution >= 0.6 is 0 Å². The summed E-state index contributed by atoms with van der Waals surface area (Å²) in [4.78, 5) is 11.8. The van der Waals surface area contributed by atoms with Gasteiger partial charge in [-0.2, -0.15) is 0 Å². The SMILES string of the molecule is CCCC(C(=O)OCC)C(C)(O)CCC(C)C. The number of carbonyl (C=O) groups is 1. The Hall–Kier alpha value is -0.570. The lowest BCUT2D eigenvalue weighted by Crippen LogP contribution is -2.40. The molecule has 3 heteroatoms. The molecule has 0 aromatic carbocycles. The van der Waals surface area contributed by atoms with Crippen LogP contribution in [0, 0.1) is 11.8 Å². The second-order valence-corrected chi connectivity index (χ2v) is 5.38. The van der Waals surface area contributed by atoms with Crippen molar-refractivity contribution in [2.24, 2.45) is 11.8 Å². The van der Waals surface area contributed by atoms with Crippen molar-refractivity contribution in [2.75, 3.05) is 6.61 Å². The first kappa shape index (κ1) is 16.4. The molecule has 0 bridgehead atoms. The predicted octanol–water partition coefficient (Wildman–Crippen LogP) is 3.15. The number of hydrogen-bond acceptors (Lipinski definition) is 3. The van der Waals surface area contributed by atoms with Crippen LogP contribution in [0.15, 0.2) is 0 Å². The van der Waals surface area contributed by atoms with Crippen molar-refractivity contribution < 1.29 is 14.6 Å². The van der Waals surface area contributed by atoms with Gasteiger partial charge in [0.15, 0.2) is 0 Å². The highest BCUT2D eigenvalue weighted by Crippen LogP contribution is 2.29. The van der Waals surface area contributed by atoms with Gasteiger partial charge in [-0.1, -0.05) is 27.2 Å². The Bertz CT molecular complexity index is 222. The third-order valence-electron chi connectivity index (χ3n) is 3.13. The normalized spacial score (nSPS) is 16.6. The van der Waals surface area contributed by atoms with Crippen molar-refractivity contribution in [1.82, 2.24) is 0 Å². The third-order valence-corrected chi connectivity index (χ3v) is 3.13. The lowest BCUT2D eigenvalue weighted by atomic mass is 9.81. The summed E-state index contributed by atoms with van der Waals surface area (Å²) in [6.07, 6.45) is 3.13. The van der Waals surface area contributed by atoms with Gasteiger partial charge in [0.1, 0.15) is 0 Å². The van der Waals surface area contributed by atoms with Crippen molar-refractivity contribution in [3.63, 3.8) is 0 Å². The first-order valence-electron chi connectivity index (χ1n) is 6.74. The molecule has 0 radical (unpaired) electrons. The van der Waals surface area contributed by atoms with Gasteiger partial charge < -0.3 is 9.84 Å². The van der Waals surface area contributed by atoms with Gasteiger partial charge >= 0.3 is 5.97 Å². The minimum atomic E-state index is -0.952. The molecule has 0 amide bonds. The van der Waals surface area contributed by atoms with Crippen molar-refractivity contribution >= 4 is 5.97 Å². The molecule has 2 unspecified atom stereocenters. The molecular weight excluding hydrogens is 216 g/mol. The first-order chi connectivity index (χ1) is 7.85. The summed E-state index contributed by atoms with van der Waals surface area (Å²) in [7, 11) is 0. The Kier molecular flexibility index (Phi) is 7.44. The Labute approximate surface area is 106 Å². The number of hydrogen-bond donors (Lipinski definition) is 1. The Morgan fingerprint density at radius 1 is 1.29 bits per heavy atom. The number of esters is 1. The molecule has 17 heavy (non-hydrogen) atoms. The van der Waals surface area contributed by atoms with E-state index in [2.05, 4.69) is 13.8 Å². The van der Waals surface area contributed by atoms with Crippen molar-refractivity contribution in [1.29, 1.82) is 0 Å². The van der Waals surface area contributed by atoms with E-state index in [9.17, 15) is 9.90 Å². The maximum Gasteiger partial charge on any atom is 0.311 e. The van der Waals surface area contributed by atoms with Crippen molar-refractivity contribution in [3.05, 3.63) is 0 Å². The molecular formula is C14H28O3. The van der Waals surface area contributed by atoms with Crippen LogP contribution in [0.5, 0.6) is 0 Å². The van der Waals surface area contributed by atoms with Gasteiger partial charge in [0, 0.05) is 0 Å². The molecule has 1 N–H and O–H groups in total. The Balaban J connectivity index is 4.58. The molecule has 0 aliphatic rings. The van der Waals surface area contributed by atoms with E-state index in [0.29, 0.717) is 25.4 Å². The average molecular weight is 244 g/mol. The van der Waals surface area contributed by atoms with Gasteiger partial charge in [0.05, 0.1) is 18.1 Å². The molecule has 0 saturated heterocycles. The lowest BCUT2D eigenvalue weighted by Gasteiger charge is -2.31. The van der Waals surface area contributed by atoms with Gasteiger partial charge in [-0.3, -0.25) is 4.79 Å². The Morgan fingerprint density at radius 2 is 1.88 bits per heavy atom. The molecule has 0 saturated carbocycles. The molecule has 102 valence electrons. The summed E-state index contributed by atoms with van der Waals surface area (Å²) in [5.74, 6) is -0.125. The second kappa shape index (κ2) is 7.70. The number of ether oxygens (including phenoxy) is 1. The topological polar surface area (TPSA) is 46.5 Å². The highest BCUT2D eigenvalue weighted by atomic mass is 16.5. The molecule has 3 nitrogen and oxygen atoms in total. The van der Waals surface area contributed by atoms with E-state index in [-0.39, 0.29) is 5.97 Å². The summed E-state index contributed by atoms with van der Waals surface area (Å²) in [6, 6.07) is 0. The molecule has 0 rings (SSSR count). The number of rotatable bonds is 8. The van der Waals surface area contributed by atoms with E-state index >= 15 is 0 Å². The molecule has 0 spiro atoms. The quantitative estimate of drug-likeness (QED) is 0.667. The maximum absolute atomic E-state index is 11.8. The van der Waals surface area contributed by atoms with Crippen LogP contribution < -0.4 is 0 Å². The van der Waals surface area contributed by atoms with Crippen LogP contribution in [0.1, 0.15) is 60.3 Å². The zero-order valence-corrected chi connectivity index (χ0v) is 12.0. The monoisotopic (exact) mass is 244 g/mol. The summed E-state index contributed by atoms with van der Waals surface area (Å²) >= 11 is 0. The van der Waals surface area contributed by atoms with E-state index in [1.165, 1.54) is 0 Å². The van der Waals surface area contributed by atoms with Gasteiger partial charge in [-0.15, -0.1) is 0 Å². The average Bonchev–Trinajstić information content (AvgIpc) is 2.23. The zero-order valence-electron chi connectivity index (χ0n) is 12.0. The van der Waals surface area contributed by atoms with E-state index in [4.69, 9.17) is 4.74 Å². The van der Waals surface area contributed by atoms with Gasteiger partial charge in [-0.05, 0) is 39.0 Å². The molecule has 0 aliphatic carbocycles. The summed E-state index contributed by atoms with van der Waals surface area (Å²) in [5.41, 5.74) is -0.952. The summed E-state index contributed by atoms with van der Waals surface area (Å²) in [6.45, 7) is 10.2. The molecule has 0 aromatic heterocycles. The molecule has 0 fully saturated rings. The van der Waals surface area contributed by atoms with Crippen LogP contribution in [0.4, 0.5) is 0 Å². The highest BCUT2D eigenvalue weighted by Gasteiger charge is 2.37. The maximum atomic E-state index is 11.8. The fraction of sp³-hybridized carbons (Fsp3) is 0.929. The fourth-order valence-electron chi connectivity index (χ4n) is 1.97.